The van der Waals surface area contributed by atoms with Crippen molar-refractivity contribution in [3.8, 4) is 11.4 Å². The van der Waals surface area contributed by atoms with Crippen LogP contribution in [0.2, 0.25) is 5.02 Å². The highest BCUT2D eigenvalue weighted by atomic mass is 35.5. The zero-order valence-corrected chi connectivity index (χ0v) is 18.2. The largest absolute Gasteiger partial charge is 0.453 e. The van der Waals surface area contributed by atoms with E-state index in [1.807, 2.05) is 30.3 Å². The van der Waals surface area contributed by atoms with Gasteiger partial charge in [-0.25, -0.2) is 19.2 Å². The Morgan fingerprint density at radius 3 is 2.52 bits per heavy atom. The Morgan fingerprint density at radius 1 is 1.23 bits per heavy atom. The van der Waals surface area contributed by atoms with Crippen LogP contribution in [0.3, 0.4) is 0 Å². The monoisotopic (exact) mass is 440 g/mol. The summed E-state index contributed by atoms with van der Waals surface area (Å²) >= 11 is 6.13. The number of rotatable bonds is 6. The summed E-state index contributed by atoms with van der Waals surface area (Å²) in [7, 11) is 3.33. The summed E-state index contributed by atoms with van der Waals surface area (Å²) in [5, 5.41) is 0.234. The highest BCUT2D eigenvalue weighted by Crippen LogP contribution is 2.34. The van der Waals surface area contributed by atoms with Gasteiger partial charge in [0.1, 0.15) is 11.9 Å². The third-order valence-corrected chi connectivity index (χ3v) is 4.99. The van der Waals surface area contributed by atoms with Gasteiger partial charge in [0.05, 0.1) is 16.3 Å². The molecule has 0 saturated heterocycles. The molecule has 3 rings (SSSR count). The molecule has 0 bridgehead atoms. The van der Waals surface area contributed by atoms with Crippen molar-refractivity contribution in [2.24, 2.45) is 0 Å². The van der Waals surface area contributed by atoms with Crippen molar-refractivity contribution in [3.63, 3.8) is 0 Å². The van der Waals surface area contributed by atoms with Crippen LogP contribution >= 0.6 is 11.6 Å². The van der Waals surface area contributed by atoms with E-state index in [0.717, 1.165) is 5.56 Å². The van der Waals surface area contributed by atoms with Gasteiger partial charge in [0.2, 0.25) is 0 Å². The van der Waals surface area contributed by atoms with E-state index < -0.39 is 17.9 Å². The SMILES string of the molecule is C=Cc1c(N)nc(-c2ccc(Cl)c(N(C)C)c2F)nc1C(=O)OC(C)c1ccccc1. The summed E-state index contributed by atoms with van der Waals surface area (Å²) < 4.78 is 20.7. The van der Waals surface area contributed by atoms with E-state index in [2.05, 4.69) is 16.5 Å². The molecule has 0 spiro atoms. The second-order valence-electron chi connectivity index (χ2n) is 7.01. The molecular formula is C23H22ClFN4O2. The van der Waals surface area contributed by atoms with Crippen LogP contribution in [0.5, 0.6) is 0 Å². The van der Waals surface area contributed by atoms with Crippen molar-refractivity contribution >= 4 is 35.2 Å². The fourth-order valence-corrected chi connectivity index (χ4v) is 3.41. The molecule has 6 nitrogen and oxygen atoms in total. The molecule has 3 aromatic rings. The van der Waals surface area contributed by atoms with E-state index in [9.17, 15) is 4.79 Å². The smallest absolute Gasteiger partial charge is 0.358 e. The van der Waals surface area contributed by atoms with Crippen molar-refractivity contribution in [2.45, 2.75) is 13.0 Å². The molecule has 0 aliphatic rings. The lowest BCUT2D eigenvalue weighted by Gasteiger charge is -2.18. The van der Waals surface area contributed by atoms with Crippen LogP contribution in [-0.2, 0) is 4.74 Å². The van der Waals surface area contributed by atoms with E-state index in [-0.39, 0.29) is 39.2 Å². The minimum absolute atomic E-state index is 0.0138. The van der Waals surface area contributed by atoms with Crippen molar-refractivity contribution in [2.75, 3.05) is 24.7 Å². The van der Waals surface area contributed by atoms with Gasteiger partial charge < -0.3 is 15.4 Å². The number of benzene rings is 2. The van der Waals surface area contributed by atoms with Crippen molar-refractivity contribution in [1.29, 1.82) is 0 Å². The lowest BCUT2D eigenvalue weighted by molar-refractivity contribution is 0.0330. The van der Waals surface area contributed by atoms with Crippen molar-refractivity contribution in [1.82, 2.24) is 9.97 Å². The van der Waals surface area contributed by atoms with E-state index in [0.29, 0.717) is 0 Å². The van der Waals surface area contributed by atoms with E-state index in [1.165, 1.54) is 18.2 Å². The molecule has 0 radical (unpaired) electrons. The van der Waals surface area contributed by atoms with Crippen LogP contribution in [0.15, 0.2) is 49.0 Å². The van der Waals surface area contributed by atoms with Gasteiger partial charge in [-0.3, -0.25) is 0 Å². The minimum Gasteiger partial charge on any atom is -0.453 e. The van der Waals surface area contributed by atoms with Crippen molar-refractivity contribution in [3.05, 3.63) is 76.7 Å². The number of ether oxygens (including phenoxy) is 1. The van der Waals surface area contributed by atoms with E-state index >= 15 is 4.39 Å². The fourth-order valence-electron chi connectivity index (χ4n) is 3.10. The predicted octanol–water partition coefficient (Wildman–Crippen LogP) is 5.15. The summed E-state index contributed by atoms with van der Waals surface area (Å²) in [6.07, 6.45) is 0.838. The standard InChI is InChI=1S/C23H22ClFN4O2/c1-5-15-19(23(30)31-13(2)14-9-7-6-8-10-14)27-22(28-21(15)26)16-11-12-17(24)20(18(16)25)29(3)4/h5-13H,1H2,2-4H3,(H2,26,27,28). The maximum Gasteiger partial charge on any atom is 0.358 e. The molecule has 0 fully saturated rings. The van der Waals surface area contributed by atoms with Crippen LogP contribution in [0.25, 0.3) is 17.5 Å². The second kappa shape index (κ2) is 9.14. The first kappa shape index (κ1) is 22.2. The molecule has 31 heavy (non-hydrogen) atoms. The third kappa shape index (κ3) is 4.51. The number of anilines is 2. The Morgan fingerprint density at radius 2 is 1.90 bits per heavy atom. The zero-order valence-electron chi connectivity index (χ0n) is 17.4. The van der Waals surface area contributed by atoms with Gasteiger partial charge >= 0.3 is 5.97 Å². The molecule has 0 amide bonds. The van der Waals surface area contributed by atoms with Crippen LogP contribution in [0.4, 0.5) is 15.9 Å². The molecule has 1 atom stereocenters. The molecule has 1 heterocycles. The molecule has 2 aromatic carbocycles. The lowest BCUT2D eigenvalue weighted by Crippen LogP contribution is -2.16. The van der Waals surface area contributed by atoms with Crippen LogP contribution in [0, 0.1) is 5.82 Å². The molecule has 0 aliphatic carbocycles. The van der Waals surface area contributed by atoms with Gasteiger partial charge in [-0.2, -0.15) is 0 Å². The second-order valence-corrected chi connectivity index (χ2v) is 7.42. The molecule has 0 aliphatic heterocycles. The number of nitrogen functional groups attached to an aromatic ring is 1. The van der Waals surface area contributed by atoms with Crippen molar-refractivity contribution < 1.29 is 13.9 Å². The zero-order chi connectivity index (χ0) is 22.7. The number of aromatic nitrogens is 2. The maximum atomic E-state index is 15.2. The molecular weight excluding hydrogens is 419 g/mol. The van der Waals surface area contributed by atoms with Gasteiger partial charge in [-0.1, -0.05) is 54.6 Å². The summed E-state index contributed by atoms with van der Waals surface area (Å²) in [6, 6.07) is 12.2. The number of carbonyl (C=O) groups is 1. The quantitative estimate of drug-likeness (QED) is 0.534. The number of nitrogens with zero attached hydrogens (tertiary/aromatic N) is 3. The number of hydrogen-bond acceptors (Lipinski definition) is 6. The number of carbonyl (C=O) groups excluding carboxylic acids is 1. The van der Waals surface area contributed by atoms with Gasteiger partial charge in [0.25, 0.3) is 0 Å². The Kier molecular flexibility index (Phi) is 6.56. The highest BCUT2D eigenvalue weighted by molar-refractivity contribution is 6.33. The van der Waals surface area contributed by atoms with Gasteiger partial charge in [-0.15, -0.1) is 0 Å². The normalized spacial score (nSPS) is 11.6. The maximum absolute atomic E-state index is 15.2. The summed E-state index contributed by atoms with van der Waals surface area (Å²) in [4.78, 5) is 22.9. The molecule has 2 N–H and O–H groups in total. The van der Waals surface area contributed by atoms with Gasteiger partial charge in [0, 0.05) is 19.7 Å². The topological polar surface area (TPSA) is 81.3 Å². The Labute approximate surface area is 185 Å². The molecule has 0 saturated carbocycles. The summed E-state index contributed by atoms with van der Waals surface area (Å²) in [5.74, 6) is -1.41. The number of halogens is 2. The summed E-state index contributed by atoms with van der Waals surface area (Å²) in [6.45, 7) is 5.42. The number of nitrogens with two attached hydrogens (primary N) is 1. The lowest BCUT2D eigenvalue weighted by atomic mass is 10.1. The van der Waals surface area contributed by atoms with Crippen LogP contribution in [-0.4, -0.2) is 30.0 Å². The molecule has 8 heteroatoms. The molecule has 1 unspecified atom stereocenters. The summed E-state index contributed by atoms with van der Waals surface area (Å²) in [5.41, 5.74) is 7.21. The van der Waals surface area contributed by atoms with Crippen LogP contribution in [0.1, 0.15) is 34.6 Å². The number of hydrogen-bond donors (Lipinski definition) is 1. The first-order chi connectivity index (χ1) is 14.7. The Bertz CT molecular complexity index is 1140. The Balaban J connectivity index is 2.06. The first-order valence-corrected chi connectivity index (χ1v) is 9.84. The van der Waals surface area contributed by atoms with Gasteiger partial charge in [0.15, 0.2) is 17.3 Å². The third-order valence-electron chi connectivity index (χ3n) is 4.68. The predicted molar refractivity (Wildman–Crippen MR) is 122 cm³/mol. The van der Waals surface area contributed by atoms with E-state index in [1.54, 1.807) is 25.9 Å². The highest BCUT2D eigenvalue weighted by Gasteiger charge is 2.24. The molecule has 160 valence electrons. The number of esters is 1. The average Bonchev–Trinajstić information content (AvgIpc) is 2.73. The van der Waals surface area contributed by atoms with Gasteiger partial charge in [-0.05, 0) is 24.6 Å². The minimum atomic E-state index is -0.719. The first-order valence-electron chi connectivity index (χ1n) is 9.46. The van der Waals surface area contributed by atoms with E-state index in [4.69, 9.17) is 22.1 Å². The van der Waals surface area contributed by atoms with Crippen LogP contribution < -0.4 is 10.6 Å². The fraction of sp³-hybridized carbons (Fsp3) is 0.174. The Hall–Kier alpha value is -3.45. The molecule has 1 aromatic heterocycles. The average molecular weight is 441 g/mol.